The van der Waals surface area contributed by atoms with E-state index in [0.29, 0.717) is 0 Å². The lowest BCUT2D eigenvalue weighted by atomic mass is 9.83. The van der Waals surface area contributed by atoms with Crippen molar-refractivity contribution in [2.24, 2.45) is 5.41 Å². The summed E-state index contributed by atoms with van der Waals surface area (Å²) >= 11 is 0. The van der Waals surface area contributed by atoms with Crippen LogP contribution in [0.2, 0.25) is 0 Å². The third-order valence-corrected chi connectivity index (χ3v) is 3.73. The van der Waals surface area contributed by atoms with Crippen LogP contribution in [-0.4, -0.2) is 18.0 Å². The SMILES string of the molecule is C/C=C1/C(CC(=O)OCc2ccccc2)OC(=O)C1(C)C. The molecule has 0 N–H and O–H groups in total. The molecule has 1 aromatic rings. The number of rotatable bonds is 4. The first-order chi connectivity index (χ1) is 9.95. The molecule has 1 fully saturated rings. The molecule has 112 valence electrons. The topological polar surface area (TPSA) is 52.6 Å². The number of allylic oxidation sites excluding steroid dienone is 1. The molecule has 0 aliphatic carbocycles. The summed E-state index contributed by atoms with van der Waals surface area (Å²) in [6.07, 6.45) is 1.39. The van der Waals surface area contributed by atoms with E-state index >= 15 is 0 Å². The second-order valence-electron chi connectivity index (χ2n) is 5.61. The third kappa shape index (κ3) is 3.32. The van der Waals surface area contributed by atoms with E-state index in [9.17, 15) is 9.59 Å². The molecule has 0 bridgehead atoms. The molecule has 0 radical (unpaired) electrons. The fourth-order valence-electron chi connectivity index (χ4n) is 2.51. The van der Waals surface area contributed by atoms with Crippen molar-refractivity contribution in [3.8, 4) is 0 Å². The minimum Gasteiger partial charge on any atom is -0.461 e. The second-order valence-corrected chi connectivity index (χ2v) is 5.61. The van der Waals surface area contributed by atoms with Gasteiger partial charge in [-0.25, -0.2) is 0 Å². The summed E-state index contributed by atoms with van der Waals surface area (Å²) in [6.45, 7) is 5.69. The number of hydrogen-bond acceptors (Lipinski definition) is 4. The molecule has 0 aromatic heterocycles. The molecule has 1 aliphatic rings. The van der Waals surface area contributed by atoms with Crippen LogP contribution in [0.15, 0.2) is 42.0 Å². The molecule has 0 saturated carbocycles. The van der Waals surface area contributed by atoms with E-state index in [4.69, 9.17) is 9.47 Å². The van der Waals surface area contributed by atoms with Gasteiger partial charge in [0.2, 0.25) is 0 Å². The minimum absolute atomic E-state index is 0.0572. The summed E-state index contributed by atoms with van der Waals surface area (Å²) in [5, 5.41) is 0. The fraction of sp³-hybridized carbons (Fsp3) is 0.412. The summed E-state index contributed by atoms with van der Waals surface area (Å²) < 4.78 is 10.5. The Morgan fingerprint density at radius 1 is 1.33 bits per heavy atom. The van der Waals surface area contributed by atoms with Crippen LogP contribution in [0.4, 0.5) is 0 Å². The molecule has 2 rings (SSSR count). The lowest BCUT2D eigenvalue weighted by molar-refractivity contribution is -0.152. The third-order valence-electron chi connectivity index (χ3n) is 3.73. The van der Waals surface area contributed by atoms with Gasteiger partial charge in [0.05, 0.1) is 11.8 Å². The molecule has 1 aromatic carbocycles. The molecule has 1 aliphatic heterocycles. The Balaban J connectivity index is 1.93. The number of carbonyl (C=O) groups is 2. The summed E-state index contributed by atoms with van der Waals surface area (Å²) in [6, 6.07) is 9.47. The largest absolute Gasteiger partial charge is 0.461 e. The van der Waals surface area contributed by atoms with Gasteiger partial charge >= 0.3 is 11.9 Å². The lowest BCUT2D eigenvalue weighted by Crippen LogP contribution is -2.20. The van der Waals surface area contributed by atoms with E-state index in [0.717, 1.165) is 11.1 Å². The first-order valence-corrected chi connectivity index (χ1v) is 7.02. The number of ether oxygens (including phenoxy) is 2. The average molecular weight is 288 g/mol. The van der Waals surface area contributed by atoms with Crippen molar-refractivity contribution in [2.75, 3.05) is 0 Å². The highest BCUT2D eigenvalue weighted by atomic mass is 16.6. The normalized spacial score (nSPS) is 22.1. The Morgan fingerprint density at radius 2 is 2.00 bits per heavy atom. The van der Waals surface area contributed by atoms with Crippen molar-refractivity contribution < 1.29 is 19.1 Å². The molecule has 1 saturated heterocycles. The summed E-state index contributed by atoms with van der Waals surface area (Å²) in [7, 11) is 0. The summed E-state index contributed by atoms with van der Waals surface area (Å²) in [5.41, 5.74) is 1.10. The first kappa shape index (κ1) is 15.3. The van der Waals surface area contributed by atoms with Gasteiger partial charge in [-0.3, -0.25) is 9.59 Å². The number of esters is 2. The standard InChI is InChI=1S/C17H20O4/c1-4-13-14(21-16(19)17(13,2)3)10-15(18)20-11-12-8-6-5-7-9-12/h4-9,14H,10-11H2,1-3H3/b13-4-. The molecule has 1 heterocycles. The number of hydrogen-bond donors (Lipinski definition) is 0. The van der Waals surface area contributed by atoms with Gasteiger partial charge in [0.25, 0.3) is 0 Å². The highest BCUT2D eigenvalue weighted by Crippen LogP contribution is 2.39. The van der Waals surface area contributed by atoms with Crippen LogP contribution >= 0.6 is 0 Å². The van der Waals surface area contributed by atoms with Crippen LogP contribution in [0, 0.1) is 5.41 Å². The molecule has 4 nitrogen and oxygen atoms in total. The highest BCUT2D eigenvalue weighted by Gasteiger charge is 2.46. The lowest BCUT2D eigenvalue weighted by Gasteiger charge is -2.16. The second kappa shape index (κ2) is 6.12. The van der Waals surface area contributed by atoms with Gasteiger partial charge in [-0.15, -0.1) is 0 Å². The van der Waals surface area contributed by atoms with E-state index < -0.39 is 11.5 Å². The average Bonchev–Trinajstić information content (AvgIpc) is 2.67. The van der Waals surface area contributed by atoms with Gasteiger partial charge in [0, 0.05) is 0 Å². The van der Waals surface area contributed by atoms with Crippen LogP contribution in [0.1, 0.15) is 32.8 Å². The maximum Gasteiger partial charge on any atom is 0.316 e. The Kier molecular flexibility index (Phi) is 4.46. The zero-order valence-electron chi connectivity index (χ0n) is 12.6. The van der Waals surface area contributed by atoms with Gasteiger partial charge in [-0.1, -0.05) is 36.4 Å². The Hall–Kier alpha value is -2.10. The highest BCUT2D eigenvalue weighted by molar-refractivity contribution is 5.85. The monoisotopic (exact) mass is 288 g/mol. The molecule has 21 heavy (non-hydrogen) atoms. The van der Waals surface area contributed by atoms with Crippen molar-refractivity contribution in [2.45, 2.75) is 39.9 Å². The molecule has 4 heteroatoms. The van der Waals surface area contributed by atoms with Crippen LogP contribution in [0.25, 0.3) is 0 Å². The maximum atomic E-state index is 11.9. The number of cyclic esters (lactones) is 1. The van der Waals surface area contributed by atoms with E-state index in [2.05, 4.69) is 0 Å². The molecular weight excluding hydrogens is 268 g/mol. The zero-order valence-corrected chi connectivity index (χ0v) is 12.6. The predicted octanol–water partition coefficient (Wildman–Crippen LogP) is 3.02. The van der Waals surface area contributed by atoms with Crippen molar-refractivity contribution in [1.82, 2.24) is 0 Å². The smallest absolute Gasteiger partial charge is 0.316 e. The minimum atomic E-state index is -0.668. The van der Waals surface area contributed by atoms with Crippen molar-refractivity contribution in [1.29, 1.82) is 0 Å². The van der Waals surface area contributed by atoms with Crippen molar-refractivity contribution in [3.63, 3.8) is 0 Å². The van der Waals surface area contributed by atoms with Crippen molar-refractivity contribution in [3.05, 3.63) is 47.5 Å². The van der Waals surface area contributed by atoms with Crippen LogP contribution < -0.4 is 0 Å². The first-order valence-electron chi connectivity index (χ1n) is 7.02. The van der Waals surface area contributed by atoms with Gasteiger partial charge in [-0.2, -0.15) is 0 Å². The van der Waals surface area contributed by atoms with E-state index in [-0.39, 0.29) is 25.0 Å². The Morgan fingerprint density at radius 3 is 2.62 bits per heavy atom. The molecule has 0 amide bonds. The van der Waals surface area contributed by atoms with Gasteiger partial charge in [0.1, 0.15) is 12.7 Å². The number of benzene rings is 1. The summed E-state index contributed by atoms with van der Waals surface area (Å²) in [4.78, 5) is 23.7. The predicted molar refractivity (Wildman–Crippen MR) is 78.3 cm³/mol. The van der Waals surface area contributed by atoms with Crippen LogP contribution in [-0.2, 0) is 25.7 Å². The van der Waals surface area contributed by atoms with E-state index in [1.807, 2.05) is 43.3 Å². The Bertz CT molecular complexity index is 557. The summed E-state index contributed by atoms with van der Waals surface area (Å²) in [5.74, 6) is -0.662. The quantitative estimate of drug-likeness (QED) is 0.631. The molecule has 1 unspecified atom stereocenters. The van der Waals surface area contributed by atoms with Gasteiger partial charge in [0.15, 0.2) is 0 Å². The zero-order chi connectivity index (χ0) is 15.5. The van der Waals surface area contributed by atoms with Gasteiger partial charge < -0.3 is 9.47 Å². The van der Waals surface area contributed by atoms with Crippen LogP contribution in [0.3, 0.4) is 0 Å². The van der Waals surface area contributed by atoms with Crippen molar-refractivity contribution >= 4 is 11.9 Å². The molecule has 1 atom stereocenters. The molecular formula is C17H20O4. The van der Waals surface area contributed by atoms with Gasteiger partial charge in [-0.05, 0) is 31.9 Å². The van der Waals surface area contributed by atoms with E-state index in [1.165, 1.54) is 0 Å². The Labute approximate surface area is 124 Å². The molecule has 0 spiro atoms. The fourth-order valence-corrected chi connectivity index (χ4v) is 2.51. The number of carbonyl (C=O) groups excluding carboxylic acids is 2. The van der Waals surface area contributed by atoms with E-state index in [1.54, 1.807) is 13.8 Å². The maximum absolute atomic E-state index is 11.9. The van der Waals surface area contributed by atoms with Crippen LogP contribution in [0.5, 0.6) is 0 Å².